The van der Waals surface area contributed by atoms with Crippen LogP contribution >= 0.6 is 23.5 Å². The zero-order valence-electron chi connectivity index (χ0n) is 15.3. The molecule has 4 rings (SSSR count). The summed E-state index contributed by atoms with van der Waals surface area (Å²) in [6.07, 6.45) is 1.55. The maximum Gasteiger partial charge on any atom is 0.512 e. The first kappa shape index (κ1) is 21.4. The van der Waals surface area contributed by atoms with E-state index in [0.717, 1.165) is 16.4 Å². The lowest BCUT2D eigenvalue weighted by molar-refractivity contribution is -0.143. The van der Waals surface area contributed by atoms with E-state index < -0.39 is 33.6 Å². The number of carbonyl (C=O) groups is 2. The summed E-state index contributed by atoms with van der Waals surface area (Å²) in [5.41, 5.74) is 0.486. The highest BCUT2D eigenvalue weighted by molar-refractivity contribution is 8.01. The molecule has 1 fully saturated rings. The van der Waals surface area contributed by atoms with E-state index >= 15 is 0 Å². The van der Waals surface area contributed by atoms with Crippen molar-refractivity contribution in [2.24, 2.45) is 0 Å². The van der Waals surface area contributed by atoms with E-state index in [1.807, 2.05) is 0 Å². The van der Waals surface area contributed by atoms with Gasteiger partial charge in [0.25, 0.3) is 16.0 Å². The molecule has 2 aromatic rings. The van der Waals surface area contributed by atoms with E-state index in [4.69, 9.17) is 14.4 Å². The molecule has 2 aromatic heterocycles. The zero-order chi connectivity index (χ0) is 22.2. The highest BCUT2D eigenvalue weighted by Gasteiger charge is 2.53. The number of imidazole rings is 1. The van der Waals surface area contributed by atoms with Crippen molar-refractivity contribution in [3.8, 4) is 0 Å². The Morgan fingerprint density at radius 2 is 2.29 bits per heavy atom. The van der Waals surface area contributed by atoms with Crippen molar-refractivity contribution < 1.29 is 32.4 Å². The Labute approximate surface area is 182 Å². The van der Waals surface area contributed by atoms with E-state index in [9.17, 15) is 18.0 Å². The molecule has 166 valence electrons. The molecule has 1 unspecified atom stereocenters. The van der Waals surface area contributed by atoms with Crippen LogP contribution in [-0.4, -0.2) is 88.1 Å². The molecule has 18 heteroatoms. The van der Waals surface area contributed by atoms with Gasteiger partial charge in [0.15, 0.2) is 5.88 Å². The minimum absolute atomic E-state index is 0.0826. The second kappa shape index (κ2) is 8.36. The Balaban J connectivity index is 1.51. The Morgan fingerprint density at radius 1 is 1.48 bits per heavy atom. The second-order valence-corrected chi connectivity index (χ2v) is 9.68. The van der Waals surface area contributed by atoms with Crippen LogP contribution in [-0.2, 0) is 25.5 Å². The number of carboxylic acid groups (broad SMARTS) is 1. The average molecular weight is 491 g/mol. The molecule has 0 aliphatic carbocycles. The number of hydrogen-bond donors (Lipinski definition) is 4. The number of β-lactam (4-membered cyclic amide) rings is 1. The summed E-state index contributed by atoms with van der Waals surface area (Å²) in [4.78, 5) is 32.0. The lowest BCUT2D eigenvalue weighted by atomic mass is 10.1. The number of tetrazole rings is 1. The molecule has 31 heavy (non-hydrogen) atoms. The van der Waals surface area contributed by atoms with Crippen LogP contribution in [0.15, 0.2) is 29.0 Å². The molecule has 2 aliphatic rings. The van der Waals surface area contributed by atoms with Gasteiger partial charge in [-0.25, -0.2) is 14.5 Å². The summed E-state index contributed by atoms with van der Waals surface area (Å²) in [5, 5.41) is 22.3. The minimum Gasteiger partial charge on any atom is -0.449 e. The first-order chi connectivity index (χ1) is 14.7. The number of aromatic nitrogens is 6. The number of carbonyl (C=O) groups excluding carboxylic acids is 1. The van der Waals surface area contributed by atoms with Gasteiger partial charge >= 0.3 is 6.16 Å². The Morgan fingerprint density at radius 3 is 2.97 bits per heavy atom. The Hall–Kier alpha value is -2.83. The molecule has 2 aliphatic heterocycles. The third-order valence-corrected chi connectivity index (χ3v) is 7.08. The second-order valence-electron chi connectivity index (χ2n) is 6.21. The molecule has 4 heterocycles. The highest BCUT2D eigenvalue weighted by Crippen LogP contribution is 2.42. The molecule has 1 amide bonds. The quantitative estimate of drug-likeness (QED) is 0.161. The van der Waals surface area contributed by atoms with E-state index in [-0.39, 0.29) is 22.7 Å². The molecular weight excluding hydrogens is 476 g/mol. The van der Waals surface area contributed by atoms with Crippen LogP contribution in [0.3, 0.4) is 0 Å². The number of amides is 1. The van der Waals surface area contributed by atoms with Gasteiger partial charge in [0, 0.05) is 29.5 Å². The van der Waals surface area contributed by atoms with E-state index in [1.54, 1.807) is 6.20 Å². The number of thioether (sulfide) groups is 2. The largest absolute Gasteiger partial charge is 0.512 e. The van der Waals surface area contributed by atoms with Gasteiger partial charge < -0.3 is 20.1 Å². The molecular formula is C13H14N8O7S3. The van der Waals surface area contributed by atoms with Gasteiger partial charge in [-0.3, -0.25) is 14.2 Å². The summed E-state index contributed by atoms with van der Waals surface area (Å²) in [5.74, 6) is -0.436. The summed E-state index contributed by atoms with van der Waals surface area (Å²) >= 11 is 2.40. The number of nitrogens with zero attached hydrogens (tertiary/aromatic N) is 6. The lowest BCUT2D eigenvalue weighted by Gasteiger charge is -2.49. The lowest BCUT2D eigenvalue weighted by Crippen LogP contribution is -2.67. The van der Waals surface area contributed by atoms with Crippen LogP contribution in [0.5, 0.6) is 0 Å². The number of fused-ring (bicyclic) bond motifs is 1. The van der Waals surface area contributed by atoms with Crippen molar-refractivity contribution >= 4 is 51.7 Å². The molecule has 15 nitrogen and oxygen atoms in total. The van der Waals surface area contributed by atoms with Crippen molar-refractivity contribution in [3.05, 3.63) is 23.8 Å². The van der Waals surface area contributed by atoms with E-state index in [1.165, 1.54) is 22.9 Å². The van der Waals surface area contributed by atoms with Gasteiger partial charge in [-0.05, 0) is 10.4 Å². The van der Waals surface area contributed by atoms with Crippen LogP contribution in [0.4, 0.5) is 10.7 Å². The molecule has 0 aromatic carbocycles. The number of hydrogen-bond acceptors (Lipinski definition) is 12. The molecule has 1 saturated heterocycles. The SMILES string of the molecule is O=C(O)OC1=C(CSc2nnnn2CS(=O)(=O)O)CS[C@H]2C(Nc3ncc[nH]3)C(=O)N12. The summed E-state index contributed by atoms with van der Waals surface area (Å²) in [6.45, 7) is 0. The van der Waals surface area contributed by atoms with Crippen molar-refractivity contribution in [2.45, 2.75) is 22.4 Å². The van der Waals surface area contributed by atoms with Crippen LogP contribution in [0.25, 0.3) is 0 Å². The minimum atomic E-state index is -4.36. The number of anilines is 1. The van der Waals surface area contributed by atoms with Crippen LogP contribution in [0, 0.1) is 0 Å². The maximum atomic E-state index is 12.7. The number of ether oxygens (including phenoxy) is 1. The van der Waals surface area contributed by atoms with Crippen molar-refractivity contribution in [3.63, 3.8) is 0 Å². The fourth-order valence-corrected chi connectivity index (χ4v) is 5.78. The smallest absolute Gasteiger partial charge is 0.449 e. The van der Waals surface area contributed by atoms with Gasteiger partial charge in [0.05, 0.1) is 0 Å². The number of rotatable bonds is 8. The van der Waals surface area contributed by atoms with Gasteiger partial charge in [-0.2, -0.15) is 8.42 Å². The first-order valence-electron chi connectivity index (χ1n) is 8.40. The zero-order valence-corrected chi connectivity index (χ0v) is 17.7. The molecule has 0 saturated carbocycles. The maximum absolute atomic E-state index is 12.7. The average Bonchev–Trinajstić information content (AvgIpc) is 3.35. The fourth-order valence-electron chi connectivity index (χ4n) is 2.89. The van der Waals surface area contributed by atoms with E-state index in [0.29, 0.717) is 17.3 Å². The predicted molar refractivity (Wildman–Crippen MR) is 105 cm³/mol. The number of nitrogens with one attached hydrogen (secondary N) is 2. The van der Waals surface area contributed by atoms with E-state index in [2.05, 4.69) is 30.8 Å². The Kier molecular flexibility index (Phi) is 5.77. The van der Waals surface area contributed by atoms with Gasteiger partial charge in [0.1, 0.15) is 11.4 Å². The summed E-state index contributed by atoms with van der Waals surface area (Å²) in [6, 6.07) is -0.611. The van der Waals surface area contributed by atoms with Gasteiger partial charge in [0.2, 0.25) is 17.0 Å². The van der Waals surface area contributed by atoms with Crippen LogP contribution in [0.1, 0.15) is 0 Å². The molecule has 0 radical (unpaired) electrons. The molecule has 4 N–H and O–H groups in total. The number of aromatic amines is 1. The van der Waals surface area contributed by atoms with Crippen LogP contribution < -0.4 is 5.32 Å². The number of H-pyrrole nitrogens is 1. The molecule has 2 atom stereocenters. The highest BCUT2D eigenvalue weighted by atomic mass is 32.2. The third kappa shape index (κ3) is 4.60. The molecule has 0 spiro atoms. The topological polar surface area (TPSA) is 206 Å². The first-order valence-corrected chi connectivity index (χ1v) is 12.0. The third-order valence-electron chi connectivity index (χ3n) is 4.13. The molecule has 0 bridgehead atoms. The van der Waals surface area contributed by atoms with Crippen molar-refractivity contribution in [1.82, 2.24) is 35.1 Å². The van der Waals surface area contributed by atoms with Crippen molar-refractivity contribution in [1.29, 1.82) is 0 Å². The summed E-state index contributed by atoms with van der Waals surface area (Å²) in [7, 11) is -4.36. The fraction of sp³-hybridized carbons (Fsp3) is 0.385. The van der Waals surface area contributed by atoms with Crippen LogP contribution in [0.2, 0.25) is 0 Å². The van der Waals surface area contributed by atoms with Gasteiger partial charge in [-0.15, -0.1) is 16.9 Å². The summed E-state index contributed by atoms with van der Waals surface area (Å²) < 4.78 is 36.9. The standard InChI is InChI=1S/C13H14N8O7S3/c22-8-7(16-11-14-1-2-15-11)10-21(8)9(28-13(23)24)6(3-29-10)4-30-12-17-18-19-20(12)5-31(25,26)27/h1-2,7,10H,3-5H2,(H,23,24)(H2,14,15,16)(H,25,26,27)/t7?,10-/m0/s1. The normalized spacial score (nSPS) is 20.9. The predicted octanol–water partition coefficient (Wildman–Crippen LogP) is -0.364. The van der Waals surface area contributed by atoms with Crippen molar-refractivity contribution in [2.75, 3.05) is 16.8 Å². The van der Waals surface area contributed by atoms with Gasteiger partial charge in [-0.1, -0.05) is 11.8 Å². The Bertz CT molecular complexity index is 1130. The monoisotopic (exact) mass is 490 g/mol.